The number of ether oxygens (including phenoxy) is 2. The molecule has 1 fully saturated rings. The molecule has 110 valence electrons. The van der Waals surface area contributed by atoms with Crippen molar-refractivity contribution in [1.82, 2.24) is 0 Å². The predicted octanol–water partition coefficient (Wildman–Crippen LogP) is 0.0324. The van der Waals surface area contributed by atoms with Crippen LogP contribution in [0.1, 0.15) is 23.2 Å². The number of hydrogen-bond donors (Lipinski definition) is 3. The molecule has 3 unspecified atom stereocenters. The monoisotopic (exact) mass is 279 g/mol. The van der Waals surface area contributed by atoms with Gasteiger partial charge in [-0.1, -0.05) is 0 Å². The lowest BCUT2D eigenvalue weighted by Gasteiger charge is -2.27. The number of rotatable bonds is 4. The molecule has 0 aromatic heterocycles. The van der Waals surface area contributed by atoms with E-state index in [1.807, 2.05) is 0 Å². The number of nitrogens with two attached hydrogens (primary N) is 3. The summed E-state index contributed by atoms with van der Waals surface area (Å²) in [5.41, 5.74) is 17.4. The summed E-state index contributed by atoms with van der Waals surface area (Å²) in [5.74, 6) is 0.833. The summed E-state index contributed by atoms with van der Waals surface area (Å²) < 4.78 is 10.3. The highest BCUT2D eigenvalue weighted by molar-refractivity contribution is 6.04. The number of benzene rings is 1. The zero-order valence-corrected chi connectivity index (χ0v) is 11.8. The van der Waals surface area contributed by atoms with Crippen molar-refractivity contribution in [1.29, 1.82) is 0 Å². The smallest absolute Gasteiger partial charge is 0.184 e. The third kappa shape index (κ3) is 2.37. The molecule has 0 bridgehead atoms. The molecular weight excluding hydrogens is 258 g/mol. The van der Waals surface area contributed by atoms with E-state index in [0.29, 0.717) is 29.9 Å². The fraction of sp³-hybridized carbons (Fsp3) is 0.500. The fourth-order valence-electron chi connectivity index (χ4n) is 2.71. The van der Waals surface area contributed by atoms with Gasteiger partial charge in [-0.2, -0.15) is 0 Å². The number of methoxy groups -OCH3 is 2. The Bertz CT molecular complexity index is 520. The first kappa shape index (κ1) is 14.8. The largest absolute Gasteiger partial charge is 0.493 e. The van der Waals surface area contributed by atoms with Gasteiger partial charge >= 0.3 is 0 Å². The standard InChI is InChI=1S/C14H21N3O3/c1-19-10-4-3-8(5-11(10)20-2)13(18)14(17)7-9(15)6-12(14)16/h3-5,9,12H,6-7,15-17H2,1-2H3. The second-order valence-corrected chi connectivity index (χ2v) is 5.25. The minimum atomic E-state index is -1.11. The third-order valence-electron chi connectivity index (χ3n) is 3.89. The van der Waals surface area contributed by atoms with E-state index in [9.17, 15) is 4.79 Å². The topological polar surface area (TPSA) is 114 Å². The summed E-state index contributed by atoms with van der Waals surface area (Å²) in [5, 5.41) is 0. The van der Waals surface area contributed by atoms with Crippen LogP contribution in [0, 0.1) is 0 Å². The van der Waals surface area contributed by atoms with Gasteiger partial charge in [0.2, 0.25) is 0 Å². The normalized spacial score (nSPS) is 29.2. The molecule has 1 saturated carbocycles. The number of Topliss-reactive ketones (excluding diaryl/α,β-unsaturated/α-hetero) is 1. The average molecular weight is 279 g/mol. The maximum Gasteiger partial charge on any atom is 0.184 e. The van der Waals surface area contributed by atoms with Crippen molar-refractivity contribution in [3.05, 3.63) is 23.8 Å². The van der Waals surface area contributed by atoms with Crippen molar-refractivity contribution in [2.24, 2.45) is 17.2 Å². The van der Waals surface area contributed by atoms with Crippen LogP contribution in [0.15, 0.2) is 18.2 Å². The van der Waals surface area contributed by atoms with Gasteiger partial charge in [-0.15, -0.1) is 0 Å². The van der Waals surface area contributed by atoms with Crippen LogP contribution >= 0.6 is 0 Å². The highest BCUT2D eigenvalue weighted by Crippen LogP contribution is 2.33. The van der Waals surface area contributed by atoms with Crippen LogP contribution in [0.3, 0.4) is 0 Å². The molecule has 6 N–H and O–H groups in total. The van der Waals surface area contributed by atoms with E-state index in [1.165, 1.54) is 14.2 Å². The summed E-state index contributed by atoms with van der Waals surface area (Å²) in [7, 11) is 3.05. The molecule has 0 spiro atoms. The molecule has 0 aliphatic heterocycles. The summed E-state index contributed by atoms with van der Waals surface area (Å²) >= 11 is 0. The average Bonchev–Trinajstić information content (AvgIpc) is 2.71. The summed E-state index contributed by atoms with van der Waals surface area (Å²) in [6, 6.07) is 4.38. The Morgan fingerprint density at radius 2 is 1.90 bits per heavy atom. The van der Waals surface area contributed by atoms with Crippen molar-refractivity contribution in [3.63, 3.8) is 0 Å². The number of carbonyl (C=O) groups excluding carboxylic acids is 1. The van der Waals surface area contributed by atoms with Crippen LogP contribution in [0.25, 0.3) is 0 Å². The van der Waals surface area contributed by atoms with Gasteiger partial charge in [-0.25, -0.2) is 0 Å². The Hall–Kier alpha value is -1.63. The molecule has 2 rings (SSSR count). The lowest BCUT2D eigenvalue weighted by molar-refractivity contribution is 0.0878. The van der Waals surface area contributed by atoms with Crippen molar-refractivity contribution < 1.29 is 14.3 Å². The number of carbonyl (C=O) groups is 1. The van der Waals surface area contributed by atoms with Crippen LogP contribution < -0.4 is 26.7 Å². The Kier molecular flexibility index (Phi) is 3.99. The van der Waals surface area contributed by atoms with Gasteiger partial charge < -0.3 is 26.7 Å². The molecule has 1 aromatic carbocycles. The minimum absolute atomic E-state index is 0.140. The molecule has 3 atom stereocenters. The second-order valence-electron chi connectivity index (χ2n) is 5.25. The van der Waals surface area contributed by atoms with Crippen LogP contribution in [-0.2, 0) is 0 Å². The summed E-state index contributed by atoms with van der Waals surface area (Å²) in [4.78, 5) is 12.6. The number of hydrogen-bond acceptors (Lipinski definition) is 6. The zero-order chi connectivity index (χ0) is 14.9. The van der Waals surface area contributed by atoms with E-state index in [-0.39, 0.29) is 11.8 Å². The fourth-order valence-corrected chi connectivity index (χ4v) is 2.71. The van der Waals surface area contributed by atoms with Gasteiger partial charge in [0.25, 0.3) is 0 Å². The maximum atomic E-state index is 12.6. The van der Waals surface area contributed by atoms with Gasteiger partial charge in [-0.3, -0.25) is 4.79 Å². The molecule has 0 amide bonds. The molecule has 0 heterocycles. The van der Waals surface area contributed by atoms with Crippen LogP contribution in [0.5, 0.6) is 11.5 Å². The molecule has 1 aliphatic carbocycles. The molecule has 1 aromatic rings. The molecule has 20 heavy (non-hydrogen) atoms. The lowest BCUT2D eigenvalue weighted by Crippen LogP contribution is -2.57. The summed E-state index contributed by atoms with van der Waals surface area (Å²) in [6.45, 7) is 0. The molecule has 1 aliphatic rings. The molecular formula is C14H21N3O3. The van der Waals surface area contributed by atoms with E-state index in [2.05, 4.69) is 0 Å². The van der Waals surface area contributed by atoms with Gasteiger partial charge in [0, 0.05) is 17.6 Å². The van der Waals surface area contributed by atoms with Gasteiger partial charge in [0.05, 0.1) is 19.8 Å². The van der Waals surface area contributed by atoms with E-state index in [0.717, 1.165) is 0 Å². The molecule has 0 saturated heterocycles. The maximum absolute atomic E-state index is 12.6. The highest BCUT2D eigenvalue weighted by Gasteiger charge is 2.47. The number of ketones is 1. The first-order chi connectivity index (χ1) is 9.42. The summed E-state index contributed by atoms with van der Waals surface area (Å²) in [6.07, 6.45) is 0.941. The van der Waals surface area contributed by atoms with Crippen molar-refractivity contribution >= 4 is 5.78 Å². The molecule has 6 heteroatoms. The van der Waals surface area contributed by atoms with E-state index < -0.39 is 11.6 Å². The van der Waals surface area contributed by atoms with Gasteiger partial charge in [0.15, 0.2) is 17.3 Å². The third-order valence-corrected chi connectivity index (χ3v) is 3.89. The van der Waals surface area contributed by atoms with Gasteiger partial charge in [-0.05, 0) is 31.0 Å². The highest BCUT2D eigenvalue weighted by atomic mass is 16.5. The minimum Gasteiger partial charge on any atom is -0.493 e. The van der Waals surface area contributed by atoms with Crippen molar-refractivity contribution in [2.75, 3.05) is 14.2 Å². The van der Waals surface area contributed by atoms with E-state index in [4.69, 9.17) is 26.7 Å². The Morgan fingerprint density at radius 3 is 2.40 bits per heavy atom. The Balaban J connectivity index is 2.34. The van der Waals surface area contributed by atoms with Crippen molar-refractivity contribution in [2.45, 2.75) is 30.5 Å². The van der Waals surface area contributed by atoms with E-state index >= 15 is 0 Å². The Labute approximate surface area is 118 Å². The van der Waals surface area contributed by atoms with Gasteiger partial charge in [0.1, 0.15) is 0 Å². The van der Waals surface area contributed by atoms with Crippen LogP contribution in [-0.4, -0.2) is 37.6 Å². The molecule has 6 nitrogen and oxygen atoms in total. The first-order valence-electron chi connectivity index (χ1n) is 6.49. The second kappa shape index (κ2) is 5.40. The van der Waals surface area contributed by atoms with Crippen LogP contribution in [0.2, 0.25) is 0 Å². The van der Waals surface area contributed by atoms with Crippen molar-refractivity contribution in [3.8, 4) is 11.5 Å². The Morgan fingerprint density at radius 1 is 1.25 bits per heavy atom. The van der Waals surface area contributed by atoms with E-state index in [1.54, 1.807) is 18.2 Å². The first-order valence-corrected chi connectivity index (χ1v) is 6.49. The predicted molar refractivity (Wildman–Crippen MR) is 76.0 cm³/mol. The SMILES string of the molecule is COc1ccc(C(=O)C2(N)CC(N)CC2N)cc1OC. The quantitative estimate of drug-likeness (QED) is 0.670. The lowest BCUT2D eigenvalue weighted by atomic mass is 9.85. The zero-order valence-electron chi connectivity index (χ0n) is 11.8. The van der Waals surface area contributed by atoms with Crippen LogP contribution in [0.4, 0.5) is 0 Å². The molecule has 0 radical (unpaired) electrons.